The number of hydrogen-bond donors (Lipinski definition) is 3. The Bertz CT molecular complexity index is 930. The first-order valence-electron chi connectivity index (χ1n) is 8.93. The van der Waals surface area contributed by atoms with Crippen LogP contribution in [0.4, 0.5) is 11.4 Å². The molecule has 0 unspecified atom stereocenters. The highest BCUT2D eigenvalue weighted by molar-refractivity contribution is 6.00. The molecule has 0 bridgehead atoms. The van der Waals surface area contributed by atoms with Crippen LogP contribution in [0.3, 0.4) is 0 Å². The van der Waals surface area contributed by atoms with Crippen LogP contribution in [-0.4, -0.2) is 42.0 Å². The molecule has 0 aliphatic rings. The third-order valence-electron chi connectivity index (χ3n) is 3.94. The molecule has 1 heterocycles. The number of nitrogens with one attached hydrogen (secondary N) is 3. The molecule has 1 aromatic heterocycles. The van der Waals surface area contributed by atoms with Crippen molar-refractivity contribution in [3.63, 3.8) is 0 Å². The smallest absolute Gasteiger partial charge is 0.355 e. The number of benzene rings is 1. The van der Waals surface area contributed by atoms with E-state index in [1.807, 2.05) is 0 Å². The molecular formula is C20H23N3O6. The Kier molecular flexibility index (Phi) is 7.13. The van der Waals surface area contributed by atoms with Crippen LogP contribution in [0.2, 0.25) is 0 Å². The summed E-state index contributed by atoms with van der Waals surface area (Å²) >= 11 is 0. The van der Waals surface area contributed by atoms with Crippen molar-refractivity contribution < 1.29 is 28.7 Å². The van der Waals surface area contributed by atoms with E-state index in [1.54, 1.807) is 45.0 Å². The number of aromatic amines is 1. The van der Waals surface area contributed by atoms with Crippen LogP contribution in [0.15, 0.2) is 24.3 Å². The summed E-state index contributed by atoms with van der Waals surface area (Å²) in [5, 5.41) is 5.20. The first-order chi connectivity index (χ1) is 13.7. The van der Waals surface area contributed by atoms with Crippen molar-refractivity contribution in [1.82, 2.24) is 4.98 Å². The summed E-state index contributed by atoms with van der Waals surface area (Å²) in [6.07, 6.45) is 0. The van der Waals surface area contributed by atoms with Crippen LogP contribution < -0.4 is 10.6 Å². The molecule has 0 saturated carbocycles. The summed E-state index contributed by atoms with van der Waals surface area (Å²) in [7, 11) is 0. The summed E-state index contributed by atoms with van der Waals surface area (Å²) in [5.41, 5.74) is 2.31. The van der Waals surface area contributed by atoms with Crippen LogP contribution in [0, 0.1) is 13.8 Å². The molecular weight excluding hydrogens is 378 g/mol. The maximum Gasteiger partial charge on any atom is 0.355 e. The highest BCUT2D eigenvalue weighted by Gasteiger charge is 2.24. The SMILES string of the molecule is CCOC(=O)c1[nH]c(C)c(C(=O)OCC(=O)Nc2ccc(NC(C)=O)cc2)c1C. The average molecular weight is 401 g/mol. The van der Waals surface area contributed by atoms with Crippen molar-refractivity contribution in [2.75, 3.05) is 23.8 Å². The number of H-pyrrole nitrogens is 1. The standard InChI is InChI=1S/C20H23N3O6/c1-5-28-20(27)18-11(2)17(12(3)21-18)19(26)29-10-16(25)23-15-8-6-14(7-9-15)22-13(4)24/h6-9,21H,5,10H2,1-4H3,(H,22,24)(H,23,25). The zero-order valence-corrected chi connectivity index (χ0v) is 16.7. The molecule has 0 saturated heterocycles. The number of aromatic nitrogens is 1. The molecule has 9 nitrogen and oxygen atoms in total. The minimum Gasteiger partial charge on any atom is -0.461 e. The number of rotatable bonds is 7. The number of anilines is 2. The Hall–Kier alpha value is -3.62. The molecule has 0 spiro atoms. The van der Waals surface area contributed by atoms with Crippen LogP contribution in [-0.2, 0) is 19.1 Å². The summed E-state index contributed by atoms with van der Waals surface area (Å²) in [6, 6.07) is 6.48. The van der Waals surface area contributed by atoms with E-state index in [0.717, 1.165) is 0 Å². The highest BCUT2D eigenvalue weighted by atomic mass is 16.5. The Morgan fingerprint density at radius 2 is 1.52 bits per heavy atom. The minimum absolute atomic E-state index is 0.181. The van der Waals surface area contributed by atoms with Crippen molar-refractivity contribution in [2.45, 2.75) is 27.7 Å². The maximum absolute atomic E-state index is 12.4. The topological polar surface area (TPSA) is 127 Å². The molecule has 3 N–H and O–H groups in total. The predicted octanol–water partition coefficient (Wildman–Crippen LogP) is 2.56. The van der Waals surface area contributed by atoms with Gasteiger partial charge in [0.15, 0.2) is 6.61 Å². The molecule has 0 fully saturated rings. The van der Waals surface area contributed by atoms with Crippen molar-refractivity contribution in [3.05, 3.63) is 46.8 Å². The lowest BCUT2D eigenvalue weighted by atomic mass is 10.1. The van der Waals surface area contributed by atoms with E-state index in [4.69, 9.17) is 9.47 Å². The monoisotopic (exact) mass is 401 g/mol. The fourth-order valence-electron chi connectivity index (χ4n) is 2.70. The summed E-state index contributed by atoms with van der Waals surface area (Å²) in [5.74, 6) is -2.01. The molecule has 29 heavy (non-hydrogen) atoms. The summed E-state index contributed by atoms with van der Waals surface area (Å²) < 4.78 is 10.0. The average Bonchev–Trinajstić information content (AvgIpc) is 2.95. The van der Waals surface area contributed by atoms with E-state index in [-0.39, 0.29) is 23.8 Å². The van der Waals surface area contributed by atoms with E-state index in [9.17, 15) is 19.2 Å². The van der Waals surface area contributed by atoms with E-state index >= 15 is 0 Å². The van der Waals surface area contributed by atoms with Crippen molar-refractivity contribution in [3.8, 4) is 0 Å². The number of carbonyl (C=O) groups is 4. The fraction of sp³-hybridized carbons (Fsp3) is 0.300. The molecule has 9 heteroatoms. The van der Waals surface area contributed by atoms with Crippen LogP contribution in [0.1, 0.15) is 46.0 Å². The Morgan fingerprint density at radius 1 is 0.931 bits per heavy atom. The second kappa shape index (κ2) is 9.54. The van der Waals surface area contributed by atoms with Crippen molar-refractivity contribution in [1.29, 1.82) is 0 Å². The molecule has 0 radical (unpaired) electrons. The van der Waals surface area contributed by atoms with Gasteiger partial charge in [-0.2, -0.15) is 0 Å². The highest BCUT2D eigenvalue weighted by Crippen LogP contribution is 2.20. The van der Waals surface area contributed by atoms with Gasteiger partial charge >= 0.3 is 11.9 Å². The van der Waals surface area contributed by atoms with Crippen LogP contribution >= 0.6 is 0 Å². The van der Waals surface area contributed by atoms with Crippen molar-refractivity contribution >= 4 is 35.1 Å². The lowest BCUT2D eigenvalue weighted by molar-refractivity contribution is -0.119. The molecule has 0 aliphatic carbocycles. The van der Waals surface area contributed by atoms with Gasteiger partial charge in [0.05, 0.1) is 12.2 Å². The van der Waals surface area contributed by atoms with Gasteiger partial charge in [-0.25, -0.2) is 9.59 Å². The van der Waals surface area contributed by atoms with Gasteiger partial charge in [0, 0.05) is 24.0 Å². The Labute approximate surface area is 167 Å². The number of esters is 2. The summed E-state index contributed by atoms with van der Waals surface area (Å²) in [4.78, 5) is 50.1. The van der Waals surface area contributed by atoms with E-state index in [0.29, 0.717) is 22.6 Å². The number of aryl methyl sites for hydroxylation is 1. The third-order valence-corrected chi connectivity index (χ3v) is 3.94. The first-order valence-corrected chi connectivity index (χ1v) is 8.93. The van der Waals surface area contributed by atoms with Crippen LogP contribution in [0.25, 0.3) is 0 Å². The molecule has 2 aromatic rings. The number of hydrogen-bond acceptors (Lipinski definition) is 6. The van der Waals surface area contributed by atoms with E-state index in [1.165, 1.54) is 6.92 Å². The van der Waals surface area contributed by atoms with Crippen LogP contribution in [0.5, 0.6) is 0 Å². The molecule has 2 amide bonds. The molecule has 154 valence electrons. The van der Waals surface area contributed by atoms with Gasteiger partial charge in [0.25, 0.3) is 5.91 Å². The predicted molar refractivity (Wildman–Crippen MR) is 106 cm³/mol. The number of amides is 2. The molecule has 1 aromatic carbocycles. The van der Waals surface area contributed by atoms with Gasteiger partial charge in [0.1, 0.15) is 5.69 Å². The summed E-state index contributed by atoms with van der Waals surface area (Å²) in [6.45, 7) is 6.02. The maximum atomic E-state index is 12.4. The van der Waals surface area contributed by atoms with Crippen molar-refractivity contribution in [2.24, 2.45) is 0 Å². The fourth-order valence-corrected chi connectivity index (χ4v) is 2.70. The first kappa shape index (κ1) is 21.7. The second-order valence-corrected chi connectivity index (χ2v) is 6.23. The largest absolute Gasteiger partial charge is 0.461 e. The minimum atomic E-state index is -0.719. The molecule has 0 atom stereocenters. The number of carbonyl (C=O) groups excluding carboxylic acids is 4. The van der Waals surface area contributed by atoms with Gasteiger partial charge in [-0.15, -0.1) is 0 Å². The Morgan fingerprint density at radius 3 is 2.07 bits per heavy atom. The third kappa shape index (κ3) is 5.68. The van der Waals surface area contributed by atoms with Gasteiger partial charge in [-0.1, -0.05) is 0 Å². The zero-order chi connectivity index (χ0) is 21.6. The van der Waals surface area contributed by atoms with Gasteiger partial charge < -0.3 is 25.1 Å². The van der Waals surface area contributed by atoms with Gasteiger partial charge in [0.2, 0.25) is 5.91 Å². The number of ether oxygens (including phenoxy) is 2. The zero-order valence-electron chi connectivity index (χ0n) is 16.7. The van der Waals surface area contributed by atoms with Gasteiger partial charge in [-0.05, 0) is 50.6 Å². The lowest BCUT2D eigenvalue weighted by Crippen LogP contribution is -2.21. The molecule has 0 aliphatic heterocycles. The quantitative estimate of drug-likeness (QED) is 0.612. The van der Waals surface area contributed by atoms with E-state index in [2.05, 4.69) is 15.6 Å². The second-order valence-electron chi connectivity index (χ2n) is 6.23. The van der Waals surface area contributed by atoms with Gasteiger partial charge in [-0.3, -0.25) is 9.59 Å². The lowest BCUT2D eigenvalue weighted by Gasteiger charge is -2.08. The Balaban J connectivity index is 1.96. The molecule has 2 rings (SSSR count). The normalized spacial score (nSPS) is 10.2. The van der Waals surface area contributed by atoms with E-state index < -0.39 is 24.5 Å².